The number of rotatable bonds is 0. The van der Waals surface area contributed by atoms with Crippen LogP contribution in [0.5, 0.6) is 0 Å². The Morgan fingerprint density at radius 3 is 2.56 bits per heavy atom. The smallest absolute Gasteiger partial charge is 0.214 e. The zero-order valence-electron chi connectivity index (χ0n) is 9.18. The van der Waals surface area contributed by atoms with Crippen LogP contribution in [0.3, 0.4) is 0 Å². The van der Waals surface area contributed by atoms with Gasteiger partial charge in [-0.05, 0) is 19.4 Å². The molecule has 1 aromatic heterocycles. The highest BCUT2D eigenvalue weighted by Gasteiger charge is 2.76. The van der Waals surface area contributed by atoms with E-state index < -0.39 is 0 Å². The summed E-state index contributed by atoms with van der Waals surface area (Å²) >= 11 is 0. The van der Waals surface area contributed by atoms with Crippen molar-refractivity contribution in [1.29, 1.82) is 0 Å². The van der Waals surface area contributed by atoms with Crippen molar-refractivity contribution >= 4 is 0 Å². The molecule has 3 atom stereocenters. The van der Waals surface area contributed by atoms with Crippen LogP contribution in [0, 0.1) is 5.21 Å². The number of ether oxygens (including phenoxy) is 1. The van der Waals surface area contributed by atoms with E-state index in [9.17, 15) is 5.21 Å². The molecule has 2 aliphatic carbocycles. The Morgan fingerprint density at radius 2 is 1.94 bits per heavy atom. The van der Waals surface area contributed by atoms with Gasteiger partial charge in [-0.25, -0.2) is 0 Å². The van der Waals surface area contributed by atoms with Crippen LogP contribution >= 0.6 is 0 Å². The SMILES string of the molecule is CC1(C)O[C@@]12[C@@H]1C=C[C@H]2c2cn[n+]([O-])cc21. The first-order valence-electron chi connectivity index (χ1n) is 5.54. The molecule has 0 N–H and O–H groups in total. The van der Waals surface area contributed by atoms with Gasteiger partial charge in [0.15, 0.2) is 0 Å². The number of epoxide rings is 1. The number of hydrogen-bond donors (Lipinski definition) is 0. The van der Waals surface area contributed by atoms with Gasteiger partial charge in [-0.15, -0.1) is 0 Å². The minimum atomic E-state index is -0.134. The first-order chi connectivity index (χ1) is 7.56. The van der Waals surface area contributed by atoms with Crippen molar-refractivity contribution in [2.75, 3.05) is 0 Å². The molecule has 2 bridgehead atoms. The molecule has 0 saturated carbocycles. The van der Waals surface area contributed by atoms with Gasteiger partial charge in [-0.2, -0.15) is 0 Å². The monoisotopic (exact) mass is 216 g/mol. The molecule has 1 spiro atoms. The second-order valence-corrected chi connectivity index (χ2v) is 5.33. The van der Waals surface area contributed by atoms with E-state index in [0.717, 1.165) is 11.1 Å². The molecule has 1 aromatic rings. The average Bonchev–Trinajstić information content (AvgIpc) is 2.53. The summed E-state index contributed by atoms with van der Waals surface area (Å²) in [6, 6.07) is 0. The van der Waals surface area contributed by atoms with Gasteiger partial charge in [-0.1, -0.05) is 17.0 Å². The zero-order chi connectivity index (χ0) is 11.1. The van der Waals surface area contributed by atoms with Gasteiger partial charge in [0.25, 0.3) is 0 Å². The molecule has 16 heavy (non-hydrogen) atoms. The van der Waals surface area contributed by atoms with Crippen LogP contribution in [0.15, 0.2) is 24.5 Å². The van der Waals surface area contributed by atoms with Crippen LogP contribution in [0.2, 0.25) is 0 Å². The van der Waals surface area contributed by atoms with E-state index >= 15 is 0 Å². The van der Waals surface area contributed by atoms with Crippen LogP contribution in [0.1, 0.15) is 36.8 Å². The lowest BCUT2D eigenvalue weighted by molar-refractivity contribution is -0.669. The Bertz CT molecular complexity index is 538. The summed E-state index contributed by atoms with van der Waals surface area (Å²) in [5, 5.41) is 15.0. The van der Waals surface area contributed by atoms with E-state index in [0.29, 0.717) is 4.85 Å². The van der Waals surface area contributed by atoms with Crippen LogP contribution in [-0.4, -0.2) is 16.3 Å². The molecule has 4 nitrogen and oxygen atoms in total. The van der Waals surface area contributed by atoms with Crippen molar-refractivity contribution in [2.24, 2.45) is 0 Å². The number of fused-ring (bicyclic) bond motifs is 3. The number of aromatic nitrogens is 2. The van der Waals surface area contributed by atoms with Crippen LogP contribution in [0.25, 0.3) is 0 Å². The Labute approximate surface area is 93.1 Å². The molecule has 1 aliphatic heterocycles. The zero-order valence-corrected chi connectivity index (χ0v) is 9.18. The molecule has 3 aliphatic rings. The number of nitrogens with zero attached hydrogens (tertiary/aromatic N) is 2. The molecule has 0 unspecified atom stereocenters. The second kappa shape index (κ2) is 2.15. The van der Waals surface area contributed by atoms with Crippen molar-refractivity contribution in [3.8, 4) is 0 Å². The summed E-state index contributed by atoms with van der Waals surface area (Å²) in [5.41, 5.74) is 2.01. The molecule has 1 saturated heterocycles. The number of hydrogen-bond acceptors (Lipinski definition) is 3. The quantitative estimate of drug-likeness (QED) is 0.281. The van der Waals surface area contributed by atoms with Crippen LogP contribution in [-0.2, 0) is 4.74 Å². The molecular weight excluding hydrogens is 204 g/mol. The standard InChI is InChI=1S/C12H12N2O2/c1-11(2)12(16-11)9-3-4-10(12)8-6-14(15)13-5-7(8)9/h3-6,9-10H,1-2H3/t9-,10+,12-/m0/s1. The maximum Gasteiger partial charge on any atom is 0.214 e. The van der Waals surface area contributed by atoms with Crippen LogP contribution < -0.4 is 4.85 Å². The highest BCUT2D eigenvalue weighted by atomic mass is 16.6. The predicted molar refractivity (Wildman–Crippen MR) is 55.7 cm³/mol. The van der Waals surface area contributed by atoms with E-state index in [2.05, 4.69) is 31.1 Å². The maximum absolute atomic E-state index is 11.2. The summed E-state index contributed by atoms with van der Waals surface area (Å²) in [4.78, 5) is 0.635. The van der Waals surface area contributed by atoms with Gasteiger partial charge in [-0.3, -0.25) is 0 Å². The molecule has 0 aromatic carbocycles. The largest absolute Gasteiger partial charge is 0.594 e. The van der Waals surface area contributed by atoms with E-state index in [1.807, 2.05) is 0 Å². The van der Waals surface area contributed by atoms with E-state index in [1.165, 1.54) is 0 Å². The molecule has 1 fully saturated rings. The lowest BCUT2D eigenvalue weighted by Crippen LogP contribution is -2.31. The molecular formula is C12H12N2O2. The predicted octanol–water partition coefficient (Wildman–Crippen LogP) is 1.01. The molecule has 4 rings (SSSR count). The summed E-state index contributed by atoms with van der Waals surface area (Å²) in [6.45, 7) is 4.23. The van der Waals surface area contributed by atoms with Crippen molar-refractivity contribution in [2.45, 2.75) is 36.9 Å². The van der Waals surface area contributed by atoms with Gasteiger partial charge in [0.2, 0.25) is 6.20 Å². The summed E-state index contributed by atoms with van der Waals surface area (Å²) in [6.07, 6.45) is 7.64. The van der Waals surface area contributed by atoms with Crippen molar-refractivity contribution in [3.05, 3.63) is 40.9 Å². The first-order valence-corrected chi connectivity index (χ1v) is 5.54. The van der Waals surface area contributed by atoms with Gasteiger partial charge >= 0.3 is 0 Å². The highest BCUT2D eigenvalue weighted by Crippen LogP contribution is 2.71. The van der Waals surface area contributed by atoms with Crippen molar-refractivity contribution in [3.63, 3.8) is 0 Å². The van der Waals surface area contributed by atoms with Crippen molar-refractivity contribution in [1.82, 2.24) is 5.10 Å². The Hall–Kier alpha value is -1.42. The lowest BCUT2D eigenvalue weighted by Gasteiger charge is -2.12. The molecule has 2 heterocycles. The van der Waals surface area contributed by atoms with Crippen molar-refractivity contribution < 1.29 is 9.58 Å². The summed E-state index contributed by atoms with van der Waals surface area (Å²) in [5.74, 6) is 0.502. The minimum absolute atomic E-state index is 0.0986. The van der Waals surface area contributed by atoms with E-state index in [-0.39, 0.29) is 23.0 Å². The third-order valence-corrected chi connectivity index (χ3v) is 4.31. The van der Waals surface area contributed by atoms with E-state index in [1.54, 1.807) is 12.4 Å². The van der Waals surface area contributed by atoms with Gasteiger partial charge in [0, 0.05) is 22.5 Å². The topological polar surface area (TPSA) is 52.4 Å². The summed E-state index contributed by atoms with van der Waals surface area (Å²) in [7, 11) is 0. The fourth-order valence-electron chi connectivity index (χ4n) is 3.58. The third-order valence-electron chi connectivity index (χ3n) is 4.31. The van der Waals surface area contributed by atoms with Gasteiger partial charge in [0.05, 0.1) is 5.60 Å². The molecule has 82 valence electrons. The molecule has 4 heteroatoms. The fraction of sp³-hybridized carbons (Fsp3) is 0.500. The average molecular weight is 216 g/mol. The Balaban J connectivity index is 1.94. The molecule has 0 radical (unpaired) electrons. The Morgan fingerprint density at radius 1 is 1.31 bits per heavy atom. The highest BCUT2D eigenvalue weighted by molar-refractivity contribution is 5.56. The summed E-state index contributed by atoms with van der Waals surface area (Å²) < 4.78 is 5.96. The normalized spacial score (nSPS) is 40.4. The first kappa shape index (κ1) is 8.70. The maximum atomic E-state index is 11.2. The fourth-order valence-corrected chi connectivity index (χ4v) is 3.58. The third kappa shape index (κ3) is 0.686. The second-order valence-electron chi connectivity index (χ2n) is 5.33. The lowest BCUT2D eigenvalue weighted by atomic mass is 9.84. The van der Waals surface area contributed by atoms with Crippen LogP contribution in [0.4, 0.5) is 0 Å². The Kier molecular flexibility index (Phi) is 1.17. The molecule has 0 amide bonds. The van der Waals surface area contributed by atoms with Gasteiger partial charge < -0.3 is 9.94 Å². The van der Waals surface area contributed by atoms with Gasteiger partial charge in [0.1, 0.15) is 11.8 Å². The van der Waals surface area contributed by atoms with E-state index in [4.69, 9.17) is 4.74 Å². The minimum Gasteiger partial charge on any atom is -0.594 e.